The molecule has 4 N–H and O–H groups in total. The van der Waals surface area contributed by atoms with Crippen LogP contribution in [0.3, 0.4) is 0 Å². The molecule has 0 amide bonds. The molecule has 0 aliphatic carbocycles. The van der Waals surface area contributed by atoms with Crippen molar-refractivity contribution in [3.8, 4) is 0 Å². The molecule has 1 fully saturated rings. The van der Waals surface area contributed by atoms with Crippen LogP contribution in [-0.4, -0.2) is 42.7 Å². The molecule has 22 heavy (non-hydrogen) atoms. The molecule has 2 atom stereocenters. The molecular formula is C15H28O5Si2. The van der Waals surface area contributed by atoms with E-state index in [0.29, 0.717) is 12.0 Å². The van der Waals surface area contributed by atoms with Crippen molar-refractivity contribution in [2.75, 3.05) is 0 Å². The first-order valence-corrected chi connectivity index (χ1v) is 12.6. The minimum Gasteiger partial charge on any atom is -0.414 e. The number of hydrogen-bond acceptors (Lipinski definition) is 5. The van der Waals surface area contributed by atoms with Crippen LogP contribution in [0.4, 0.5) is 0 Å². The fraction of sp³-hybridized carbons (Fsp3) is 0.600. The van der Waals surface area contributed by atoms with Crippen LogP contribution in [0.1, 0.15) is 37.7 Å². The van der Waals surface area contributed by atoms with Gasteiger partial charge in [0.15, 0.2) is 8.32 Å². The first-order valence-electron chi connectivity index (χ1n) is 7.74. The van der Waals surface area contributed by atoms with Crippen molar-refractivity contribution in [2.24, 2.45) is 0 Å². The minimum absolute atomic E-state index is 0.456. The third-order valence-corrected chi connectivity index (χ3v) is 6.35. The highest BCUT2D eigenvalue weighted by atomic mass is 28.4. The van der Waals surface area contributed by atoms with Crippen LogP contribution in [0.25, 0.3) is 0 Å². The molecule has 2 rings (SSSR count). The van der Waals surface area contributed by atoms with Crippen LogP contribution in [0, 0.1) is 0 Å². The van der Waals surface area contributed by atoms with Gasteiger partial charge in [-0.1, -0.05) is 43.7 Å². The Bertz CT molecular complexity index is 427. The number of benzene rings is 1. The molecule has 1 aromatic carbocycles. The molecule has 1 heterocycles. The van der Waals surface area contributed by atoms with Crippen molar-refractivity contribution in [2.45, 2.75) is 57.3 Å². The summed E-state index contributed by atoms with van der Waals surface area (Å²) in [5.74, 6) is 0.586. The van der Waals surface area contributed by atoms with E-state index >= 15 is 0 Å². The first-order chi connectivity index (χ1) is 10.1. The van der Waals surface area contributed by atoms with E-state index < -0.39 is 17.4 Å². The normalized spacial score (nSPS) is 22.4. The van der Waals surface area contributed by atoms with E-state index in [0.717, 1.165) is 0 Å². The summed E-state index contributed by atoms with van der Waals surface area (Å²) in [5.41, 5.74) is 1.45. The maximum Gasteiger partial charge on any atom is 0.668 e. The summed E-state index contributed by atoms with van der Waals surface area (Å²) in [6, 6.07) is 12.2. The largest absolute Gasteiger partial charge is 0.668 e. The molecular weight excluding hydrogens is 316 g/mol. The monoisotopic (exact) mass is 344 g/mol. The van der Waals surface area contributed by atoms with E-state index in [1.54, 1.807) is 0 Å². The summed E-state index contributed by atoms with van der Waals surface area (Å²) in [6.45, 7) is 7.00. The molecule has 0 spiro atoms. The van der Waals surface area contributed by atoms with Gasteiger partial charge in [-0.3, -0.25) is 0 Å². The fourth-order valence-corrected chi connectivity index (χ4v) is 5.23. The second-order valence-electron chi connectivity index (χ2n) is 6.33. The van der Waals surface area contributed by atoms with Crippen molar-refractivity contribution < 1.29 is 23.6 Å². The summed E-state index contributed by atoms with van der Waals surface area (Å²) in [7, 11) is -5.98. The Morgan fingerprint density at radius 3 is 2.18 bits per heavy atom. The summed E-state index contributed by atoms with van der Waals surface area (Å²) >= 11 is 0. The Morgan fingerprint density at radius 2 is 1.73 bits per heavy atom. The quantitative estimate of drug-likeness (QED) is 0.629. The van der Waals surface area contributed by atoms with Gasteiger partial charge in [0.2, 0.25) is 0 Å². The van der Waals surface area contributed by atoms with Gasteiger partial charge in [0.1, 0.15) is 0 Å². The Hall–Kier alpha value is -0.546. The molecule has 1 aliphatic heterocycles. The Kier molecular flexibility index (Phi) is 7.40. The van der Waals surface area contributed by atoms with Gasteiger partial charge < -0.3 is 23.6 Å². The van der Waals surface area contributed by atoms with Crippen molar-refractivity contribution in [3.63, 3.8) is 0 Å². The van der Waals surface area contributed by atoms with Crippen LogP contribution in [0.2, 0.25) is 19.1 Å². The van der Waals surface area contributed by atoms with Crippen LogP contribution >= 0.6 is 0 Å². The second kappa shape index (κ2) is 8.35. The molecule has 1 aliphatic rings. The minimum atomic E-state index is -4.61. The summed E-state index contributed by atoms with van der Waals surface area (Å²) in [4.78, 5) is 29.3. The zero-order valence-corrected chi connectivity index (χ0v) is 15.6. The van der Waals surface area contributed by atoms with Gasteiger partial charge in [-0.25, -0.2) is 0 Å². The van der Waals surface area contributed by atoms with Gasteiger partial charge in [0.25, 0.3) is 0 Å². The average molecular weight is 345 g/mol. The van der Waals surface area contributed by atoms with E-state index in [2.05, 4.69) is 50.3 Å². The van der Waals surface area contributed by atoms with Crippen molar-refractivity contribution in [1.82, 2.24) is 0 Å². The van der Waals surface area contributed by atoms with E-state index in [-0.39, 0.29) is 0 Å². The standard InChI is InChI=1S/C15H24OSi.H4O4Si/c1-4-14(13-9-6-5-7-10-13)15-11-8-12-17(2,3)16-15;1-5(2,3)4/h5-7,9-10,14-15H,4,8,11-12H2,1-3H3;1-4H. The molecule has 0 radical (unpaired) electrons. The molecule has 5 nitrogen and oxygen atoms in total. The molecule has 2 unspecified atom stereocenters. The molecule has 0 bridgehead atoms. The highest BCUT2D eigenvalue weighted by Gasteiger charge is 2.34. The molecule has 1 aromatic rings. The Morgan fingerprint density at radius 1 is 1.18 bits per heavy atom. The zero-order chi connectivity index (χ0) is 16.8. The average Bonchev–Trinajstić information content (AvgIpc) is 2.38. The van der Waals surface area contributed by atoms with Gasteiger partial charge in [0.05, 0.1) is 6.10 Å². The van der Waals surface area contributed by atoms with E-state index in [1.807, 2.05) is 0 Å². The lowest BCUT2D eigenvalue weighted by Crippen LogP contribution is -2.41. The van der Waals surface area contributed by atoms with Crippen LogP contribution < -0.4 is 0 Å². The van der Waals surface area contributed by atoms with Gasteiger partial charge in [-0.05, 0) is 37.5 Å². The summed E-state index contributed by atoms with van der Waals surface area (Å²) in [5, 5.41) is 0. The fourth-order valence-electron chi connectivity index (χ4n) is 2.95. The predicted molar refractivity (Wildman–Crippen MR) is 90.5 cm³/mol. The number of hydrogen-bond donors (Lipinski definition) is 4. The maximum atomic E-state index is 7.33. The van der Waals surface area contributed by atoms with E-state index in [1.165, 1.54) is 30.9 Å². The third kappa shape index (κ3) is 7.64. The SMILES string of the molecule is CCC(c1ccccc1)C1CCC[Si](C)(C)O1.O[Si](O)(O)O. The van der Waals surface area contributed by atoms with Crippen molar-refractivity contribution >= 4 is 17.4 Å². The van der Waals surface area contributed by atoms with Gasteiger partial charge in [-0.15, -0.1) is 0 Å². The lowest BCUT2D eigenvalue weighted by molar-refractivity contribution is 0.117. The Balaban J connectivity index is 0.000000422. The smallest absolute Gasteiger partial charge is 0.414 e. The molecule has 7 heteroatoms. The predicted octanol–water partition coefficient (Wildman–Crippen LogP) is 1.96. The zero-order valence-electron chi connectivity index (χ0n) is 13.6. The molecule has 0 saturated carbocycles. The first kappa shape index (κ1) is 19.5. The lowest BCUT2D eigenvalue weighted by atomic mass is 9.89. The topological polar surface area (TPSA) is 90.2 Å². The van der Waals surface area contributed by atoms with Crippen LogP contribution in [-0.2, 0) is 4.43 Å². The second-order valence-corrected chi connectivity index (χ2v) is 11.8. The summed E-state index contributed by atoms with van der Waals surface area (Å²) in [6.07, 6.45) is 4.23. The van der Waals surface area contributed by atoms with E-state index in [9.17, 15) is 0 Å². The van der Waals surface area contributed by atoms with Gasteiger partial charge >= 0.3 is 9.05 Å². The molecule has 126 valence electrons. The number of rotatable bonds is 3. The van der Waals surface area contributed by atoms with Crippen LogP contribution in [0.5, 0.6) is 0 Å². The highest BCUT2D eigenvalue weighted by Crippen LogP contribution is 2.35. The third-order valence-electron chi connectivity index (χ3n) is 3.85. The summed E-state index contributed by atoms with van der Waals surface area (Å²) < 4.78 is 6.42. The van der Waals surface area contributed by atoms with Crippen LogP contribution in [0.15, 0.2) is 30.3 Å². The lowest BCUT2D eigenvalue weighted by Gasteiger charge is -2.38. The van der Waals surface area contributed by atoms with Crippen molar-refractivity contribution in [1.29, 1.82) is 0 Å². The Labute approximate surface area is 134 Å². The van der Waals surface area contributed by atoms with Gasteiger partial charge in [-0.2, -0.15) is 0 Å². The van der Waals surface area contributed by atoms with E-state index in [4.69, 9.17) is 23.6 Å². The highest BCUT2D eigenvalue weighted by molar-refractivity contribution is 6.71. The molecule has 0 aromatic heterocycles. The van der Waals surface area contributed by atoms with Gasteiger partial charge in [0, 0.05) is 5.92 Å². The van der Waals surface area contributed by atoms with Crippen molar-refractivity contribution in [3.05, 3.63) is 35.9 Å². The maximum absolute atomic E-state index is 7.33. The molecule has 1 saturated heterocycles.